The fourth-order valence-corrected chi connectivity index (χ4v) is 14.5. The van der Waals surface area contributed by atoms with Crippen LogP contribution in [0, 0.1) is 41.5 Å². The summed E-state index contributed by atoms with van der Waals surface area (Å²) in [5, 5.41) is 2.16. The summed E-state index contributed by atoms with van der Waals surface area (Å²) in [5.74, 6) is -4.24. The molecule has 2 aliphatic rings. The smallest absolute Gasteiger partial charge is 0.337 e. The zero-order valence-electron chi connectivity index (χ0n) is 47.9. The van der Waals surface area contributed by atoms with E-state index in [1.54, 1.807) is 27.7 Å². The zero-order valence-corrected chi connectivity index (χ0v) is 52.0. The van der Waals surface area contributed by atoms with Gasteiger partial charge in [0.15, 0.2) is 4.90 Å². The number of aryl methyl sites for hydroxylation is 4. The summed E-state index contributed by atoms with van der Waals surface area (Å²) in [6.45, 7) is 9.13. The maximum Gasteiger partial charge on any atom is 0.337 e. The Morgan fingerprint density at radius 1 is 0.466 bits per heavy atom. The van der Waals surface area contributed by atoms with Gasteiger partial charge in [0.25, 0.3) is 40.3 Å². The lowest BCUT2D eigenvalue weighted by molar-refractivity contribution is -0.406. The number of nitrogens with one attached hydrogen (secondary N) is 4. The number of esters is 4. The Labute approximate surface area is 503 Å². The highest BCUT2D eigenvalue weighted by Gasteiger charge is 2.32. The highest BCUT2D eigenvalue weighted by atomic mass is 32.2. The van der Waals surface area contributed by atoms with Gasteiger partial charge in [-0.1, -0.05) is 24.3 Å². The summed E-state index contributed by atoms with van der Waals surface area (Å²) in [6.07, 6.45) is 0. The van der Waals surface area contributed by atoms with Gasteiger partial charge < -0.3 is 28.7 Å². The summed E-state index contributed by atoms with van der Waals surface area (Å²) >= 11 is 0. The molecular weight excluding hydrogens is 1250 g/mol. The number of carbonyl (C=O) groups is 4. The van der Waals surface area contributed by atoms with E-state index in [4.69, 9.17) is 23.4 Å². The molecule has 6 aromatic rings. The molecule has 0 atom stereocenters. The lowest BCUT2D eigenvalue weighted by atomic mass is 9.93. The van der Waals surface area contributed by atoms with Crippen LogP contribution in [0.15, 0.2) is 126 Å². The van der Waals surface area contributed by atoms with Gasteiger partial charge in [-0.2, -0.15) is 25.3 Å². The number of methoxy groups -OCH3 is 4. The van der Waals surface area contributed by atoms with Gasteiger partial charge in [0.05, 0.1) is 83.6 Å². The van der Waals surface area contributed by atoms with Crippen molar-refractivity contribution in [1.82, 2.24) is 0 Å². The summed E-state index contributed by atoms with van der Waals surface area (Å²) in [7, 11) is -21.2. The van der Waals surface area contributed by atoms with Crippen molar-refractivity contribution in [2.75, 3.05) is 43.2 Å². The molecule has 6 aromatic carbocycles. The van der Waals surface area contributed by atoms with Crippen molar-refractivity contribution in [2.24, 2.45) is 0 Å². The molecule has 0 aromatic heterocycles. The Balaban J connectivity index is 1.37. The number of carbonyl (C=O) groups excluding carboxylic acids is 4. The lowest BCUT2D eigenvalue weighted by Gasteiger charge is -2.22. The molecular formula is C57H53N4O22S5+. The Hall–Kier alpha value is -9.08. The van der Waals surface area contributed by atoms with Crippen LogP contribution in [0.5, 0.6) is 0 Å². The zero-order chi connectivity index (χ0) is 65.1. The van der Waals surface area contributed by atoms with Gasteiger partial charge >= 0.3 is 34.0 Å². The summed E-state index contributed by atoms with van der Waals surface area (Å²) in [5.41, 5.74) is -1.57. The van der Waals surface area contributed by atoms with Gasteiger partial charge in [-0.3, -0.25) is 23.1 Å². The number of anilines is 4. The summed E-state index contributed by atoms with van der Waals surface area (Å²) < 4.78 is 200. The molecule has 0 fully saturated rings. The number of rotatable bonds is 17. The lowest BCUT2D eigenvalue weighted by Crippen LogP contribution is -2.72. The molecule has 0 radical (unpaired) electrons. The van der Waals surface area contributed by atoms with E-state index < -0.39 is 110 Å². The van der Waals surface area contributed by atoms with Crippen molar-refractivity contribution < 1.29 is 103 Å². The number of hydrogen-bond donors (Lipinski definition) is 7. The first-order valence-corrected chi connectivity index (χ1v) is 32.6. The van der Waals surface area contributed by atoms with E-state index in [2.05, 4.69) is 19.8 Å². The van der Waals surface area contributed by atoms with Gasteiger partial charge in [-0.15, -0.1) is 0 Å². The average molecular weight is 1310 g/mol. The first-order valence-electron chi connectivity index (χ1n) is 25.3. The van der Waals surface area contributed by atoms with Crippen molar-refractivity contribution in [3.8, 4) is 22.5 Å². The molecule has 0 unspecified atom stereocenters. The Bertz CT molecular complexity index is 4920. The van der Waals surface area contributed by atoms with Crippen molar-refractivity contribution in [2.45, 2.75) is 66.0 Å². The Morgan fingerprint density at radius 2 is 0.898 bits per heavy atom. The predicted octanol–water partition coefficient (Wildman–Crippen LogP) is 6.60. The van der Waals surface area contributed by atoms with Crippen LogP contribution in [0.4, 0.5) is 28.4 Å². The van der Waals surface area contributed by atoms with E-state index in [0.29, 0.717) is 22.3 Å². The van der Waals surface area contributed by atoms with E-state index in [9.17, 15) is 74.9 Å². The third-order valence-electron chi connectivity index (χ3n) is 14.0. The molecule has 0 spiro atoms. The number of sulfonamides is 2. The van der Waals surface area contributed by atoms with Crippen LogP contribution < -0.4 is 25.1 Å². The number of benzene rings is 7. The van der Waals surface area contributed by atoms with E-state index in [-0.39, 0.29) is 89.6 Å². The first-order chi connectivity index (χ1) is 40.9. The fourth-order valence-electron chi connectivity index (χ4n) is 9.93. The van der Waals surface area contributed by atoms with Crippen LogP contribution in [-0.2, 0) is 69.3 Å². The second kappa shape index (κ2) is 23.9. The highest BCUT2D eigenvalue weighted by molar-refractivity contribution is 7.93. The monoisotopic (exact) mass is 1310 g/mol. The number of ether oxygens (including phenoxy) is 4. The molecule has 26 nitrogen and oxygen atoms in total. The van der Waals surface area contributed by atoms with Gasteiger partial charge in [0, 0.05) is 45.0 Å². The second-order valence-electron chi connectivity index (χ2n) is 19.8. The second-order valence-corrected chi connectivity index (χ2v) is 27.3. The molecule has 462 valence electrons. The van der Waals surface area contributed by atoms with Crippen LogP contribution in [-0.4, -0.2) is 108 Å². The Morgan fingerprint density at radius 3 is 1.35 bits per heavy atom. The number of hydrogen-bond acceptors (Lipinski definition) is 20. The van der Waals surface area contributed by atoms with Crippen LogP contribution in [0.25, 0.3) is 33.4 Å². The largest absolute Gasteiger partial charge is 0.465 e. The molecule has 88 heavy (non-hydrogen) atoms. The summed E-state index contributed by atoms with van der Waals surface area (Å²) in [6, 6.07) is 17.6. The van der Waals surface area contributed by atoms with E-state index in [0.717, 1.165) is 95.2 Å². The molecule has 8 rings (SSSR count). The van der Waals surface area contributed by atoms with E-state index >= 15 is 0 Å². The maximum atomic E-state index is 14.2. The van der Waals surface area contributed by atoms with E-state index in [1.165, 1.54) is 44.2 Å². The highest BCUT2D eigenvalue weighted by Crippen LogP contribution is 2.46. The quantitative estimate of drug-likeness (QED) is 0.0218. The van der Waals surface area contributed by atoms with Crippen molar-refractivity contribution >= 4 is 114 Å². The van der Waals surface area contributed by atoms with Crippen LogP contribution in [0.1, 0.15) is 74.8 Å². The third kappa shape index (κ3) is 12.8. The maximum absolute atomic E-state index is 14.2. The number of fused-ring (bicyclic) bond motifs is 2. The average Bonchev–Trinajstić information content (AvgIpc) is 1.13. The first kappa shape index (κ1) is 64.9. The van der Waals surface area contributed by atoms with Crippen LogP contribution in [0.3, 0.4) is 0 Å². The molecule has 1 aliphatic carbocycles. The Kier molecular flexibility index (Phi) is 17.6. The molecule has 1 heterocycles. The minimum absolute atomic E-state index is 0.0410. The molecule has 0 bridgehead atoms. The van der Waals surface area contributed by atoms with E-state index in [1.807, 2.05) is 0 Å². The topological polar surface area (TPSA) is 400 Å². The van der Waals surface area contributed by atoms with Gasteiger partial charge in [-0.25, -0.2) is 41.0 Å². The standard InChI is InChI=1S/C57H52N4O22S5/c1-27-15-29(3)52(60-84(66,67)37-19-33(54(62)79-7)17-34(20-37)55(63)80-8)31(5)50(27)58-42-25-44-40(23-47(42)87(73,74)75)49(39-13-11-12-14-46(39)86(70,71)72)41-24-48(88(76,77)78)43(26-45(41)83-44)59-51-28(2)16-30(4)53(32(51)6)61-85(68,69)38-21-35(56(64)81-9)18-36(22-38)57(65)82-10/h11-26,58,60-61H,1-10H3,(H,70,71,72)(H,73,74,75)(H,76,77,78)/p+1. The normalized spacial score (nSPS) is 12.4. The van der Waals surface area contributed by atoms with Gasteiger partial charge in [-0.05, 0) is 124 Å². The molecule has 0 amide bonds. The van der Waals surface area contributed by atoms with Crippen molar-refractivity contribution in [1.29, 1.82) is 0 Å². The molecule has 1 aliphatic heterocycles. The molecule has 7 N–H and O–H groups in total. The van der Waals surface area contributed by atoms with Crippen molar-refractivity contribution in [3.05, 3.63) is 158 Å². The summed E-state index contributed by atoms with van der Waals surface area (Å²) in [4.78, 5) is 49.6. The van der Waals surface area contributed by atoms with Crippen LogP contribution >= 0.6 is 0 Å². The molecule has 0 saturated heterocycles. The minimum Gasteiger partial charge on any atom is -0.465 e. The third-order valence-corrected chi connectivity index (χ3v) is 19.3. The minimum atomic E-state index is -5.38. The van der Waals surface area contributed by atoms with Crippen molar-refractivity contribution in [3.63, 3.8) is 0 Å². The predicted molar refractivity (Wildman–Crippen MR) is 316 cm³/mol. The molecule has 31 heteroatoms. The van der Waals surface area contributed by atoms with Crippen LogP contribution in [0.2, 0.25) is 0 Å². The van der Waals surface area contributed by atoms with Gasteiger partial charge in [0.1, 0.15) is 21.1 Å². The fraction of sp³-hybridized carbons (Fsp3) is 0.175. The SMILES string of the molecule is COC(=O)c1cc(C(=O)OC)cc(S(=O)(=O)Nc2c(C)cc(C)c(Nc3cc4oc5cc(=[NH+]c6c(C)cc(C)c(NS(=O)(=O)c7cc(C(=O)OC)cc(C(=O)OC)c7)c6C)c(S(=O)(=O)O)cc-5c(-c5ccccc5S(=O)(=O)O)c4cc3S(=O)(=O)O)c2C)c1. The molecule has 0 saturated carbocycles. The van der Waals surface area contributed by atoms with Gasteiger partial charge in [0.2, 0.25) is 11.0 Å².